The summed E-state index contributed by atoms with van der Waals surface area (Å²) < 4.78 is 0. The number of nitro benzene ring substituents is 1. The van der Waals surface area contributed by atoms with Gasteiger partial charge in [0.15, 0.2) is 5.11 Å². The first-order valence-electron chi connectivity index (χ1n) is 7.47. The average Bonchev–Trinajstić information content (AvgIpc) is 2.81. The van der Waals surface area contributed by atoms with Crippen LogP contribution in [0.25, 0.3) is 0 Å². The van der Waals surface area contributed by atoms with Gasteiger partial charge in [-0.3, -0.25) is 24.6 Å². The molecule has 1 unspecified atom stereocenters. The summed E-state index contributed by atoms with van der Waals surface area (Å²) in [5.41, 5.74) is 0.401. The van der Waals surface area contributed by atoms with Crippen molar-refractivity contribution in [3.05, 3.63) is 39.9 Å². The summed E-state index contributed by atoms with van der Waals surface area (Å²) in [5, 5.41) is 14.0. The second-order valence-electron chi connectivity index (χ2n) is 5.41. The van der Waals surface area contributed by atoms with Gasteiger partial charge in [0, 0.05) is 31.2 Å². The molecule has 0 aromatic heterocycles. The Kier molecular flexibility index (Phi) is 5.45. The predicted octanol–water partition coefficient (Wildman–Crippen LogP) is 1.57. The van der Waals surface area contributed by atoms with E-state index in [2.05, 4.69) is 5.32 Å². The number of non-ortho nitro benzene ring substituents is 1. The molecule has 0 bridgehead atoms. The van der Waals surface area contributed by atoms with Crippen molar-refractivity contribution in [2.75, 3.05) is 13.1 Å². The van der Waals surface area contributed by atoms with Gasteiger partial charge in [0.2, 0.25) is 11.8 Å². The van der Waals surface area contributed by atoms with E-state index in [1.807, 2.05) is 6.92 Å². The fourth-order valence-electron chi connectivity index (χ4n) is 2.55. The number of carbonyl (C=O) groups excluding carboxylic acids is 2. The number of nitro groups is 1. The molecule has 0 aliphatic carbocycles. The monoisotopic (exact) mass is 350 g/mol. The first-order chi connectivity index (χ1) is 11.3. The molecule has 0 saturated carbocycles. The fourth-order valence-corrected chi connectivity index (χ4v) is 2.91. The number of nitrogens with zero attached hydrogens (tertiary/aromatic N) is 3. The average molecular weight is 350 g/mol. The number of thiocarbonyl (C=S) groups is 1. The van der Waals surface area contributed by atoms with E-state index in [-0.39, 0.29) is 24.0 Å². The van der Waals surface area contributed by atoms with E-state index in [9.17, 15) is 19.7 Å². The molecule has 1 aliphatic heterocycles. The van der Waals surface area contributed by atoms with Gasteiger partial charge in [-0.05, 0) is 18.6 Å². The molecule has 0 radical (unpaired) electrons. The third-order valence-electron chi connectivity index (χ3n) is 3.58. The van der Waals surface area contributed by atoms with Gasteiger partial charge in [-0.15, -0.1) is 0 Å². The van der Waals surface area contributed by atoms with E-state index >= 15 is 0 Å². The summed E-state index contributed by atoms with van der Waals surface area (Å²) in [7, 11) is 0. The van der Waals surface area contributed by atoms with Crippen molar-refractivity contribution in [1.29, 1.82) is 0 Å². The first-order valence-corrected chi connectivity index (χ1v) is 7.88. The van der Waals surface area contributed by atoms with Crippen LogP contribution in [-0.4, -0.2) is 44.7 Å². The zero-order valence-electron chi connectivity index (χ0n) is 13.4. The van der Waals surface area contributed by atoms with Crippen molar-refractivity contribution in [2.45, 2.75) is 26.4 Å². The summed E-state index contributed by atoms with van der Waals surface area (Å²) in [5.74, 6) is -0.474. The molecule has 1 aromatic rings. The highest BCUT2D eigenvalue weighted by molar-refractivity contribution is 7.80. The minimum absolute atomic E-state index is 0.0203. The maximum Gasteiger partial charge on any atom is 0.269 e. The van der Waals surface area contributed by atoms with Crippen LogP contribution in [0.2, 0.25) is 0 Å². The van der Waals surface area contributed by atoms with Gasteiger partial charge >= 0.3 is 0 Å². The normalized spacial score (nSPS) is 15.6. The standard InChI is InChI=1S/C15H18N4O4S/c1-3-7-17-13(21)9-18(15(17)24)14(16-10(2)20)11-5-4-6-12(8-11)19(22)23/h4-6,8,14H,3,7,9H2,1-2H3,(H,16,20). The molecule has 8 nitrogen and oxygen atoms in total. The molecule has 1 aliphatic rings. The third-order valence-corrected chi connectivity index (χ3v) is 4.03. The Bertz CT molecular complexity index is 694. The molecule has 1 saturated heterocycles. The molecule has 0 spiro atoms. The molecular formula is C15H18N4O4S. The Labute approximate surface area is 144 Å². The van der Waals surface area contributed by atoms with Crippen molar-refractivity contribution in [3.8, 4) is 0 Å². The summed E-state index contributed by atoms with van der Waals surface area (Å²) in [4.78, 5) is 37.3. The van der Waals surface area contributed by atoms with Crippen LogP contribution < -0.4 is 5.32 Å². The highest BCUT2D eigenvalue weighted by Crippen LogP contribution is 2.26. The van der Waals surface area contributed by atoms with Gasteiger partial charge in [-0.2, -0.15) is 0 Å². The number of benzene rings is 1. The SMILES string of the molecule is CCCN1C(=O)CN(C(NC(C)=O)c2cccc([N+](=O)[O-])c2)C1=S. The molecule has 2 amide bonds. The lowest BCUT2D eigenvalue weighted by Gasteiger charge is -2.29. The number of carbonyl (C=O) groups is 2. The maximum atomic E-state index is 12.2. The van der Waals surface area contributed by atoms with Crippen LogP contribution >= 0.6 is 12.2 Å². The number of hydrogen-bond donors (Lipinski definition) is 1. The van der Waals surface area contributed by atoms with E-state index in [1.165, 1.54) is 30.0 Å². The van der Waals surface area contributed by atoms with E-state index in [0.717, 1.165) is 6.42 Å². The quantitative estimate of drug-likeness (QED) is 0.475. The van der Waals surface area contributed by atoms with Gasteiger partial charge in [-0.25, -0.2) is 0 Å². The molecule has 1 heterocycles. The highest BCUT2D eigenvalue weighted by atomic mass is 32.1. The Morgan fingerprint density at radius 1 is 1.50 bits per heavy atom. The van der Waals surface area contributed by atoms with E-state index in [0.29, 0.717) is 17.2 Å². The maximum absolute atomic E-state index is 12.2. The van der Waals surface area contributed by atoms with Gasteiger partial charge in [-0.1, -0.05) is 19.1 Å². The van der Waals surface area contributed by atoms with Gasteiger partial charge < -0.3 is 10.2 Å². The van der Waals surface area contributed by atoms with E-state index < -0.39 is 11.1 Å². The first kappa shape index (κ1) is 17.8. The van der Waals surface area contributed by atoms with Gasteiger partial charge in [0.05, 0.1) is 4.92 Å². The fraction of sp³-hybridized carbons (Fsp3) is 0.400. The van der Waals surface area contributed by atoms with Crippen LogP contribution in [0.1, 0.15) is 32.0 Å². The minimum Gasteiger partial charge on any atom is -0.332 e. The van der Waals surface area contributed by atoms with Crippen LogP contribution in [0.4, 0.5) is 5.69 Å². The Morgan fingerprint density at radius 3 is 2.79 bits per heavy atom. The summed E-state index contributed by atoms with van der Waals surface area (Å²) >= 11 is 5.36. The molecule has 1 N–H and O–H groups in total. The molecule has 1 fully saturated rings. The number of rotatable bonds is 6. The smallest absolute Gasteiger partial charge is 0.269 e. The zero-order valence-corrected chi connectivity index (χ0v) is 14.2. The molecule has 1 aromatic carbocycles. The second kappa shape index (κ2) is 7.35. The van der Waals surface area contributed by atoms with Crippen molar-refractivity contribution in [2.24, 2.45) is 0 Å². The number of amides is 2. The Balaban J connectivity index is 2.37. The van der Waals surface area contributed by atoms with Crippen molar-refractivity contribution in [3.63, 3.8) is 0 Å². The Hall–Kier alpha value is -2.55. The summed E-state index contributed by atoms with van der Waals surface area (Å²) in [6, 6.07) is 5.93. The molecule has 2 rings (SSSR count). The lowest BCUT2D eigenvalue weighted by Crippen LogP contribution is -2.43. The largest absolute Gasteiger partial charge is 0.332 e. The Morgan fingerprint density at radius 2 is 2.21 bits per heavy atom. The molecule has 128 valence electrons. The lowest BCUT2D eigenvalue weighted by atomic mass is 10.1. The second-order valence-corrected chi connectivity index (χ2v) is 5.78. The molecular weight excluding hydrogens is 332 g/mol. The predicted molar refractivity (Wildman–Crippen MR) is 91.0 cm³/mol. The minimum atomic E-state index is -0.735. The van der Waals surface area contributed by atoms with Gasteiger partial charge in [0.25, 0.3) is 5.69 Å². The zero-order chi connectivity index (χ0) is 17.9. The summed E-state index contributed by atoms with van der Waals surface area (Å²) in [6.07, 6.45) is 0.0159. The van der Waals surface area contributed by atoms with Crippen LogP contribution in [0.3, 0.4) is 0 Å². The van der Waals surface area contributed by atoms with E-state index in [4.69, 9.17) is 12.2 Å². The van der Waals surface area contributed by atoms with Gasteiger partial charge in [0.1, 0.15) is 12.7 Å². The van der Waals surface area contributed by atoms with Crippen LogP contribution in [0.5, 0.6) is 0 Å². The number of hydrogen-bond acceptors (Lipinski definition) is 5. The third kappa shape index (κ3) is 3.67. The highest BCUT2D eigenvalue weighted by Gasteiger charge is 2.37. The van der Waals surface area contributed by atoms with Crippen molar-refractivity contribution in [1.82, 2.24) is 15.1 Å². The van der Waals surface area contributed by atoms with Crippen molar-refractivity contribution < 1.29 is 14.5 Å². The van der Waals surface area contributed by atoms with Crippen LogP contribution in [0.15, 0.2) is 24.3 Å². The summed E-state index contributed by atoms with van der Waals surface area (Å²) in [6.45, 7) is 3.79. The van der Waals surface area contributed by atoms with Crippen molar-refractivity contribution >= 4 is 34.8 Å². The molecule has 24 heavy (non-hydrogen) atoms. The van der Waals surface area contributed by atoms with Crippen LogP contribution in [-0.2, 0) is 9.59 Å². The lowest BCUT2D eigenvalue weighted by molar-refractivity contribution is -0.385. The topological polar surface area (TPSA) is 95.8 Å². The van der Waals surface area contributed by atoms with E-state index in [1.54, 1.807) is 11.0 Å². The molecule has 1 atom stereocenters. The number of nitrogens with one attached hydrogen (secondary N) is 1. The van der Waals surface area contributed by atoms with Crippen LogP contribution in [0, 0.1) is 10.1 Å². The molecule has 9 heteroatoms.